The van der Waals surface area contributed by atoms with Crippen molar-refractivity contribution < 1.29 is 13.5 Å². The molecular weight excluding hydrogens is 386 g/mol. The number of hydrogen-bond acceptors (Lipinski definition) is 3. The van der Waals surface area contributed by atoms with Gasteiger partial charge in [0.2, 0.25) is 0 Å². The maximum absolute atomic E-state index is 13.0. The van der Waals surface area contributed by atoms with Crippen LogP contribution < -0.4 is 0 Å². The summed E-state index contributed by atoms with van der Waals surface area (Å²) in [6, 6.07) is 9.99. The quantitative estimate of drug-likeness (QED) is 0.699. The minimum Gasteiger partial charge on any atom is -0.506 e. The van der Waals surface area contributed by atoms with Crippen LogP contribution in [0.1, 0.15) is 22.7 Å². The predicted molar refractivity (Wildman–Crippen MR) is 107 cm³/mol. The molecule has 8 heteroatoms. The molecule has 0 radical (unpaired) electrons. The maximum Gasteiger partial charge on any atom is 0.303 e. The van der Waals surface area contributed by atoms with Crippen LogP contribution in [0.5, 0.6) is 5.75 Å². The number of hydrogen-bond donors (Lipinski definition) is 2. The van der Waals surface area contributed by atoms with Gasteiger partial charge in [-0.25, -0.2) is 0 Å². The summed E-state index contributed by atoms with van der Waals surface area (Å²) < 4.78 is 28.5. The van der Waals surface area contributed by atoms with Crippen molar-refractivity contribution in [2.45, 2.75) is 6.04 Å². The number of aromatic hydroxyl groups is 1. The summed E-state index contributed by atoms with van der Waals surface area (Å²) in [5, 5.41) is 11.5. The van der Waals surface area contributed by atoms with Gasteiger partial charge in [0.25, 0.3) is 0 Å². The molecule has 4 rings (SSSR count). The van der Waals surface area contributed by atoms with Crippen LogP contribution in [-0.2, 0) is 10.2 Å². The van der Waals surface area contributed by atoms with Gasteiger partial charge in [-0.05, 0) is 35.4 Å². The van der Waals surface area contributed by atoms with Crippen molar-refractivity contribution in [2.75, 3.05) is 14.1 Å². The van der Waals surface area contributed by atoms with Crippen molar-refractivity contribution in [3.05, 3.63) is 70.5 Å². The lowest BCUT2D eigenvalue weighted by atomic mass is 9.92. The zero-order valence-corrected chi connectivity index (χ0v) is 16.3. The molecule has 0 saturated carbocycles. The molecule has 140 valence electrons. The molecule has 2 N–H and O–H groups in total. The van der Waals surface area contributed by atoms with Gasteiger partial charge in [-0.15, -0.1) is 0 Å². The van der Waals surface area contributed by atoms with E-state index in [0.717, 1.165) is 22.1 Å². The Kier molecular flexibility index (Phi) is 4.18. The highest BCUT2D eigenvalue weighted by Gasteiger charge is 2.36. The Balaban J connectivity index is 2.00. The first-order chi connectivity index (χ1) is 12.8. The summed E-state index contributed by atoms with van der Waals surface area (Å²) in [5.41, 5.74) is 2.99. The monoisotopic (exact) mass is 403 g/mol. The molecule has 6 nitrogen and oxygen atoms in total. The van der Waals surface area contributed by atoms with Crippen LogP contribution in [-0.4, -0.2) is 41.2 Å². The molecule has 27 heavy (non-hydrogen) atoms. The highest BCUT2D eigenvalue weighted by atomic mass is 35.5. The van der Waals surface area contributed by atoms with Gasteiger partial charge in [-0.1, -0.05) is 29.8 Å². The number of fused-ring (bicyclic) bond motifs is 2. The van der Waals surface area contributed by atoms with Gasteiger partial charge in [0.05, 0.1) is 11.6 Å². The fourth-order valence-electron chi connectivity index (χ4n) is 3.41. The lowest BCUT2D eigenvalue weighted by molar-refractivity contribution is 0.403. The first kappa shape index (κ1) is 17.9. The maximum atomic E-state index is 13.0. The molecule has 1 unspecified atom stereocenters. The Bertz CT molecular complexity index is 1170. The first-order valence-electron chi connectivity index (χ1n) is 8.28. The predicted octanol–water partition coefficient (Wildman–Crippen LogP) is 3.71. The number of para-hydroxylation sites is 1. The number of phenolic OH excluding ortho intramolecular Hbond substituents is 1. The van der Waals surface area contributed by atoms with Crippen LogP contribution in [0.3, 0.4) is 0 Å². The van der Waals surface area contributed by atoms with Gasteiger partial charge in [-0.2, -0.15) is 12.7 Å². The molecule has 1 aliphatic rings. The number of H-pyrrole nitrogens is 1. The Labute approximate surface area is 162 Å². The van der Waals surface area contributed by atoms with E-state index in [-0.39, 0.29) is 5.75 Å². The van der Waals surface area contributed by atoms with E-state index in [2.05, 4.69) is 4.98 Å². The van der Waals surface area contributed by atoms with Crippen LogP contribution in [0.15, 0.2) is 48.8 Å². The minimum absolute atomic E-state index is 0.114. The second-order valence-corrected chi connectivity index (χ2v) is 9.04. The minimum atomic E-state index is -3.74. The van der Waals surface area contributed by atoms with Gasteiger partial charge in [-0.3, -0.25) is 4.31 Å². The second kappa shape index (κ2) is 6.30. The summed E-state index contributed by atoms with van der Waals surface area (Å²) in [4.78, 5) is 3.06. The van der Waals surface area contributed by atoms with Gasteiger partial charge in [0, 0.05) is 42.5 Å². The number of aromatic amines is 1. The SMILES string of the molecule is CN(C)S(=O)(=O)N1C=Cc2cc(Cl)ccc2C1c1c[nH]c2c(O)cccc12. The standard InChI is InChI=1S/C19H18ClN3O3S/c1-22(2)27(25,26)23-9-8-12-10-13(20)6-7-14(12)19(23)16-11-21-18-15(16)4-3-5-17(18)24/h3-11,19,21,24H,1-2H3. The number of nitrogens with zero attached hydrogens (tertiary/aromatic N) is 2. The number of benzene rings is 2. The van der Waals surface area contributed by atoms with Crippen molar-refractivity contribution in [3.63, 3.8) is 0 Å². The molecule has 0 spiro atoms. The molecule has 0 saturated heterocycles. The van der Waals surface area contributed by atoms with E-state index in [0.29, 0.717) is 10.5 Å². The van der Waals surface area contributed by atoms with Crippen LogP contribution >= 0.6 is 11.6 Å². The Morgan fingerprint density at radius 2 is 1.96 bits per heavy atom. The highest BCUT2D eigenvalue weighted by Crippen LogP contribution is 2.42. The van der Waals surface area contributed by atoms with E-state index in [1.54, 1.807) is 36.7 Å². The third kappa shape index (κ3) is 2.79. The lowest BCUT2D eigenvalue weighted by Crippen LogP contribution is -2.40. The molecule has 2 aromatic carbocycles. The highest BCUT2D eigenvalue weighted by molar-refractivity contribution is 7.86. The molecule has 1 aliphatic heterocycles. The van der Waals surface area contributed by atoms with Gasteiger partial charge >= 0.3 is 10.2 Å². The fourth-order valence-corrected chi connectivity index (χ4v) is 4.67. The van der Waals surface area contributed by atoms with Crippen molar-refractivity contribution in [1.29, 1.82) is 0 Å². The van der Waals surface area contributed by atoms with E-state index < -0.39 is 16.3 Å². The Hall–Kier alpha value is -2.48. The smallest absolute Gasteiger partial charge is 0.303 e. The summed E-state index contributed by atoms with van der Waals surface area (Å²) in [7, 11) is -0.739. The molecule has 0 amide bonds. The fraction of sp³-hybridized carbons (Fsp3) is 0.158. The summed E-state index contributed by atoms with van der Waals surface area (Å²) >= 11 is 6.13. The summed E-state index contributed by atoms with van der Waals surface area (Å²) in [6.07, 6.45) is 5.04. The van der Waals surface area contributed by atoms with E-state index in [1.165, 1.54) is 22.7 Å². The molecule has 0 bridgehead atoms. The van der Waals surface area contributed by atoms with Crippen molar-refractivity contribution in [1.82, 2.24) is 13.6 Å². The average Bonchev–Trinajstić information content (AvgIpc) is 3.05. The second-order valence-electron chi connectivity index (χ2n) is 6.56. The molecule has 0 aliphatic carbocycles. The normalized spacial score (nSPS) is 16.9. The zero-order valence-electron chi connectivity index (χ0n) is 14.7. The Morgan fingerprint density at radius 3 is 2.70 bits per heavy atom. The van der Waals surface area contributed by atoms with Crippen LogP contribution in [0.2, 0.25) is 5.02 Å². The molecular formula is C19H18ClN3O3S. The van der Waals surface area contributed by atoms with Crippen molar-refractivity contribution >= 4 is 38.8 Å². The molecule has 2 heterocycles. The third-order valence-corrected chi connectivity index (χ3v) is 6.77. The van der Waals surface area contributed by atoms with Crippen LogP contribution in [0, 0.1) is 0 Å². The van der Waals surface area contributed by atoms with Crippen LogP contribution in [0.25, 0.3) is 17.0 Å². The van der Waals surface area contributed by atoms with Gasteiger partial charge in [0.15, 0.2) is 0 Å². The topological polar surface area (TPSA) is 76.6 Å². The van der Waals surface area contributed by atoms with Crippen LogP contribution in [0.4, 0.5) is 0 Å². The van der Waals surface area contributed by atoms with E-state index >= 15 is 0 Å². The Morgan fingerprint density at radius 1 is 1.19 bits per heavy atom. The zero-order chi connectivity index (χ0) is 19.3. The van der Waals surface area contributed by atoms with Crippen molar-refractivity contribution in [2.24, 2.45) is 0 Å². The van der Waals surface area contributed by atoms with Gasteiger partial charge in [0.1, 0.15) is 5.75 Å². The number of halogens is 1. The summed E-state index contributed by atoms with van der Waals surface area (Å²) in [5.74, 6) is 0.114. The van der Waals surface area contributed by atoms with Gasteiger partial charge < -0.3 is 10.1 Å². The molecule has 3 aromatic rings. The molecule has 1 atom stereocenters. The third-order valence-electron chi connectivity index (χ3n) is 4.75. The van der Waals surface area contributed by atoms with E-state index in [4.69, 9.17) is 11.6 Å². The largest absolute Gasteiger partial charge is 0.506 e. The molecule has 1 aromatic heterocycles. The number of rotatable bonds is 3. The summed E-state index contributed by atoms with van der Waals surface area (Å²) in [6.45, 7) is 0. The van der Waals surface area contributed by atoms with E-state index in [9.17, 15) is 13.5 Å². The molecule has 0 fully saturated rings. The average molecular weight is 404 g/mol. The number of nitrogens with one attached hydrogen (secondary N) is 1. The van der Waals surface area contributed by atoms with E-state index in [1.807, 2.05) is 18.2 Å². The first-order valence-corrected chi connectivity index (χ1v) is 10.1. The van der Waals surface area contributed by atoms with Crippen molar-refractivity contribution in [3.8, 4) is 5.75 Å². The number of aromatic nitrogens is 1. The number of phenols is 1. The lowest BCUT2D eigenvalue weighted by Gasteiger charge is -2.35.